The van der Waals surface area contributed by atoms with Crippen LogP contribution in [0.25, 0.3) is 0 Å². The van der Waals surface area contributed by atoms with Crippen molar-refractivity contribution in [1.29, 1.82) is 0 Å². The van der Waals surface area contributed by atoms with Crippen LogP contribution in [-0.2, 0) is 4.43 Å². The molecule has 0 spiro atoms. The maximum absolute atomic E-state index is 13.0. The van der Waals surface area contributed by atoms with Crippen molar-refractivity contribution in [2.24, 2.45) is 5.92 Å². The zero-order valence-corrected chi connectivity index (χ0v) is 16.0. The predicted molar refractivity (Wildman–Crippen MR) is 97.2 cm³/mol. The number of carbonyl (C=O) groups is 1. The van der Waals surface area contributed by atoms with E-state index >= 15 is 0 Å². The second-order valence-corrected chi connectivity index (χ2v) is 13.3. The molecular formula is C20H28O2Si. The molecule has 0 radical (unpaired) electrons. The lowest BCUT2D eigenvalue weighted by Crippen LogP contribution is -2.56. The molecule has 3 rings (SSSR count). The molecule has 0 heterocycles. The molecule has 2 aliphatic rings. The van der Waals surface area contributed by atoms with E-state index < -0.39 is 8.32 Å². The molecule has 0 amide bonds. The van der Waals surface area contributed by atoms with Gasteiger partial charge in [-0.2, -0.15) is 0 Å². The van der Waals surface area contributed by atoms with Gasteiger partial charge in [-0.3, -0.25) is 4.79 Å². The summed E-state index contributed by atoms with van der Waals surface area (Å²) in [5.74, 6) is 0.585. The first-order chi connectivity index (χ1) is 10.7. The molecular weight excluding hydrogens is 300 g/mol. The topological polar surface area (TPSA) is 26.3 Å². The van der Waals surface area contributed by atoms with Gasteiger partial charge < -0.3 is 4.43 Å². The standard InChI is InChI=1S/C20H28O2Si/c1-19(2,3)23(4,5)22-20-13-9-12-16(20)14-17(20)18(21)15-10-7-6-8-11-15/h6-8,10-11,14,16H,9,12-13H2,1-5H3/t16-,20+/m0/s1. The number of Topliss-reactive ketones (excluding diaryl/α,β-unsaturated/α-hetero) is 1. The highest BCUT2D eigenvalue weighted by atomic mass is 28.4. The lowest BCUT2D eigenvalue weighted by molar-refractivity contribution is 0.0406. The van der Waals surface area contributed by atoms with Crippen molar-refractivity contribution in [2.45, 2.75) is 63.8 Å². The largest absolute Gasteiger partial charge is 0.407 e. The van der Waals surface area contributed by atoms with Gasteiger partial charge in [0.15, 0.2) is 14.1 Å². The molecule has 0 aliphatic heterocycles. The average Bonchev–Trinajstić information content (AvgIpc) is 2.76. The quantitative estimate of drug-likeness (QED) is 0.548. The summed E-state index contributed by atoms with van der Waals surface area (Å²) in [6.07, 6.45) is 5.48. The third-order valence-electron chi connectivity index (χ3n) is 6.01. The Hall–Kier alpha value is -1.19. The highest BCUT2D eigenvalue weighted by molar-refractivity contribution is 6.74. The molecule has 0 aromatic heterocycles. The van der Waals surface area contributed by atoms with Gasteiger partial charge in [-0.25, -0.2) is 0 Å². The smallest absolute Gasteiger partial charge is 0.193 e. The highest BCUT2D eigenvalue weighted by Gasteiger charge is 2.58. The average molecular weight is 329 g/mol. The first-order valence-corrected chi connectivity index (χ1v) is 11.6. The lowest BCUT2D eigenvalue weighted by Gasteiger charge is -2.51. The van der Waals surface area contributed by atoms with E-state index in [1.165, 1.54) is 0 Å². The Balaban J connectivity index is 1.91. The molecule has 2 aliphatic carbocycles. The Morgan fingerprint density at radius 2 is 1.87 bits per heavy atom. The normalized spacial score (nSPS) is 27.2. The summed E-state index contributed by atoms with van der Waals surface area (Å²) in [5, 5.41) is 0.158. The Kier molecular flexibility index (Phi) is 3.93. The fourth-order valence-electron chi connectivity index (χ4n) is 3.60. The number of fused-ring (bicyclic) bond motifs is 1. The first kappa shape index (κ1) is 16.7. The zero-order chi connectivity index (χ0) is 16.9. The number of carbonyl (C=O) groups excluding carboxylic acids is 1. The number of benzene rings is 1. The van der Waals surface area contributed by atoms with Gasteiger partial charge in [-0.05, 0) is 37.4 Å². The maximum atomic E-state index is 13.0. The van der Waals surface area contributed by atoms with Gasteiger partial charge in [0.1, 0.15) is 0 Å². The van der Waals surface area contributed by atoms with E-state index in [1.54, 1.807) is 0 Å². The minimum atomic E-state index is -1.91. The fourth-order valence-corrected chi connectivity index (χ4v) is 5.18. The van der Waals surface area contributed by atoms with E-state index in [0.717, 1.165) is 30.4 Å². The van der Waals surface area contributed by atoms with Crippen molar-refractivity contribution < 1.29 is 9.22 Å². The summed E-state index contributed by atoms with van der Waals surface area (Å²) in [5.41, 5.74) is 1.38. The van der Waals surface area contributed by atoms with Crippen LogP contribution in [0, 0.1) is 5.92 Å². The van der Waals surface area contributed by atoms with Gasteiger partial charge in [0.25, 0.3) is 0 Å². The molecule has 2 nitrogen and oxygen atoms in total. The molecule has 1 fully saturated rings. The molecule has 0 unspecified atom stereocenters. The highest BCUT2D eigenvalue weighted by Crippen LogP contribution is 2.56. The van der Waals surface area contributed by atoms with Crippen molar-refractivity contribution in [3.63, 3.8) is 0 Å². The lowest BCUT2D eigenvalue weighted by atomic mass is 9.70. The van der Waals surface area contributed by atoms with Gasteiger partial charge in [0.2, 0.25) is 0 Å². The van der Waals surface area contributed by atoms with Crippen molar-refractivity contribution in [3.05, 3.63) is 47.5 Å². The summed E-state index contributed by atoms with van der Waals surface area (Å²) < 4.78 is 6.85. The molecule has 1 aromatic carbocycles. The minimum absolute atomic E-state index is 0.155. The van der Waals surface area contributed by atoms with Crippen LogP contribution in [0.2, 0.25) is 18.1 Å². The monoisotopic (exact) mass is 328 g/mol. The van der Waals surface area contributed by atoms with Gasteiger partial charge in [0, 0.05) is 17.1 Å². The van der Waals surface area contributed by atoms with Crippen LogP contribution in [0.3, 0.4) is 0 Å². The van der Waals surface area contributed by atoms with E-state index in [0.29, 0.717) is 5.92 Å². The van der Waals surface area contributed by atoms with Gasteiger partial charge in [-0.15, -0.1) is 0 Å². The Labute approximate surface area is 141 Å². The number of rotatable bonds is 4. The van der Waals surface area contributed by atoms with E-state index in [9.17, 15) is 4.79 Å². The van der Waals surface area contributed by atoms with Crippen LogP contribution in [0.15, 0.2) is 42.0 Å². The summed E-state index contributed by atoms with van der Waals surface area (Å²) in [4.78, 5) is 13.0. The second-order valence-electron chi connectivity index (χ2n) is 8.53. The fraction of sp³-hybridized carbons (Fsp3) is 0.550. The van der Waals surface area contributed by atoms with E-state index in [1.807, 2.05) is 30.3 Å². The van der Waals surface area contributed by atoms with Crippen LogP contribution in [0.5, 0.6) is 0 Å². The molecule has 0 N–H and O–H groups in total. The van der Waals surface area contributed by atoms with Gasteiger partial charge in [0.05, 0.1) is 5.60 Å². The van der Waals surface area contributed by atoms with Crippen molar-refractivity contribution in [3.8, 4) is 0 Å². The van der Waals surface area contributed by atoms with Crippen LogP contribution < -0.4 is 0 Å². The molecule has 23 heavy (non-hydrogen) atoms. The Morgan fingerprint density at radius 1 is 1.22 bits per heavy atom. The first-order valence-electron chi connectivity index (χ1n) is 8.70. The third-order valence-corrected chi connectivity index (χ3v) is 10.5. The molecule has 3 heteroatoms. The van der Waals surface area contributed by atoms with Crippen LogP contribution >= 0.6 is 0 Å². The molecule has 0 bridgehead atoms. The van der Waals surface area contributed by atoms with Crippen molar-refractivity contribution in [1.82, 2.24) is 0 Å². The van der Waals surface area contributed by atoms with Crippen molar-refractivity contribution >= 4 is 14.1 Å². The molecule has 2 atom stereocenters. The van der Waals surface area contributed by atoms with Crippen LogP contribution in [0.4, 0.5) is 0 Å². The second kappa shape index (κ2) is 5.42. The third kappa shape index (κ3) is 2.64. The van der Waals surface area contributed by atoms with E-state index in [2.05, 4.69) is 39.9 Å². The van der Waals surface area contributed by atoms with Crippen LogP contribution in [0.1, 0.15) is 50.4 Å². The zero-order valence-electron chi connectivity index (χ0n) is 15.0. The van der Waals surface area contributed by atoms with E-state index in [4.69, 9.17) is 4.43 Å². The van der Waals surface area contributed by atoms with Gasteiger partial charge in [-0.1, -0.05) is 57.2 Å². The number of hydrogen-bond acceptors (Lipinski definition) is 2. The summed E-state index contributed by atoms with van der Waals surface area (Å²) in [6.45, 7) is 11.4. The number of ketones is 1. The minimum Gasteiger partial charge on any atom is -0.407 e. The molecule has 124 valence electrons. The summed E-state index contributed by atoms with van der Waals surface area (Å²) >= 11 is 0. The Morgan fingerprint density at radius 3 is 2.43 bits per heavy atom. The predicted octanol–water partition coefficient (Wildman–Crippen LogP) is 5.37. The summed E-state index contributed by atoms with van der Waals surface area (Å²) in [7, 11) is -1.91. The number of hydrogen-bond donors (Lipinski definition) is 0. The Bertz CT molecular complexity index is 639. The van der Waals surface area contributed by atoms with Crippen LogP contribution in [-0.4, -0.2) is 19.7 Å². The summed E-state index contributed by atoms with van der Waals surface area (Å²) in [6, 6.07) is 9.63. The molecule has 0 saturated heterocycles. The maximum Gasteiger partial charge on any atom is 0.193 e. The SMILES string of the molecule is CC(C)(C)[Si](C)(C)O[C@]12CCC[C@H]1C=C2C(=O)c1ccccc1. The van der Waals surface area contributed by atoms with E-state index in [-0.39, 0.29) is 16.4 Å². The van der Waals surface area contributed by atoms with Crippen molar-refractivity contribution in [2.75, 3.05) is 0 Å². The molecule has 1 saturated carbocycles. The molecule has 1 aromatic rings. The van der Waals surface area contributed by atoms with Gasteiger partial charge >= 0.3 is 0 Å².